The van der Waals surface area contributed by atoms with Gasteiger partial charge in [0.05, 0.1) is 0 Å². The van der Waals surface area contributed by atoms with Crippen LogP contribution in [0.5, 0.6) is 0 Å². The van der Waals surface area contributed by atoms with Crippen LogP contribution < -0.4 is 5.73 Å². The smallest absolute Gasteiger partial charge is 0.222 e. The molecule has 3 heteroatoms. The first-order chi connectivity index (χ1) is 9.66. The summed E-state index contributed by atoms with van der Waals surface area (Å²) in [5, 5.41) is 0. The summed E-state index contributed by atoms with van der Waals surface area (Å²) in [7, 11) is 0. The number of likely N-dealkylation sites (tertiary alicyclic amines) is 1. The standard InChI is InChI=1S/C17H26N2O/c1-14(18)7-5-11-17(20)19-12-6-10-16(19)13-15-8-3-2-4-9-15/h2-4,8-9,14,16H,5-7,10-13,18H2,1H3. The summed E-state index contributed by atoms with van der Waals surface area (Å²) in [6.07, 6.45) is 5.74. The Hall–Kier alpha value is -1.35. The Morgan fingerprint density at radius 1 is 1.40 bits per heavy atom. The van der Waals surface area contributed by atoms with E-state index in [1.165, 1.54) is 5.56 Å². The average molecular weight is 274 g/mol. The number of nitrogens with two attached hydrogens (primary N) is 1. The quantitative estimate of drug-likeness (QED) is 0.867. The molecule has 3 nitrogen and oxygen atoms in total. The van der Waals surface area contributed by atoms with Crippen LogP contribution >= 0.6 is 0 Å². The highest BCUT2D eigenvalue weighted by atomic mass is 16.2. The van der Waals surface area contributed by atoms with E-state index < -0.39 is 0 Å². The van der Waals surface area contributed by atoms with E-state index in [2.05, 4.69) is 29.2 Å². The van der Waals surface area contributed by atoms with Crippen LogP contribution in [0.15, 0.2) is 30.3 Å². The highest BCUT2D eigenvalue weighted by molar-refractivity contribution is 5.76. The van der Waals surface area contributed by atoms with Crippen molar-refractivity contribution in [1.82, 2.24) is 4.90 Å². The first kappa shape index (κ1) is 15.0. The Labute approximate surface area is 122 Å². The molecule has 0 radical (unpaired) electrons. The molecule has 0 bridgehead atoms. The molecule has 0 aromatic heterocycles. The number of benzene rings is 1. The van der Waals surface area contributed by atoms with Gasteiger partial charge in [0.25, 0.3) is 0 Å². The second kappa shape index (κ2) is 7.44. The topological polar surface area (TPSA) is 46.3 Å². The molecule has 1 saturated heterocycles. The summed E-state index contributed by atoms with van der Waals surface area (Å²) >= 11 is 0. The lowest BCUT2D eigenvalue weighted by molar-refractivity contribution is -0.132. The highest BCUT2D eigenvalue weighted by Crippen LogP contribution is 2.22. The summed E-state index contributed by atoms with van der Waals surface area (Å²) in [4.78, 5) is 14.4. The zero-order valence-electron chi connectivity index (χ0n) is 12.4. The van der Waals surface area contributed by atoms with Crippen LogP contribution in [-0.4, -0.2) is 29.4 Å². The van der Waals surface area contributed by atoms with E-state index in [-0.39, 0.29) is 6.04 Å². The van der Waals surface area contributed by atoms with Crippen LogP contribution in [0.3, 0.4) is 0 Å². The fourth-order valence-electron chi connectivity index (χ4n) is 2.98. The summed E-state index contributed by atoms with van der Waals surface area (Å²) in [6.45, 7) is 2.92. The lowest BCUT2D eigenvalue weighted by atomic mass is 10.0. The Kier molecular flexibility index (Phi) is 5.60. The maximum Gasteiger partial charge on any atom is 0.222 e. The molecule has 1 aromatic carbocycles. The van der Waals surface area contributed by atoms with Gasteiger partial charge in [-0.2, -0.15) is 0 Å². The van der Waals surface area contributed by atoms with Gasteiger partial charge < -0.3 is 10.6 Å². The second-order valence-corrected chi connectivity index (χ2v) is 5.94. The average Bonchev–Trinajstić information content (AvgIpc) is 2.87. The van der Waals surface area contributed by atoms with Crippen LogP contribution in [-0.2, 0) is 11.2 Å². The molecule has 20 heavy (non-hydrogen) atoms. The molecule has 1 fully saturated rings. The van der Waals surface area contributed by atoms with Crippen molar-refractivity contribution in [3.8, 4) is 0 Å². The maximum absolute atomic E-state index is 12.3. The van der Waals surface area contributed by atoms with Crippen molar-refractivity contribution in [1.29, 1.82) is 0 Å². The van der Waals surface area contributed by atoms with Gasteiger partial charge in [0.15, 0.2) is 0 Å². The third-order valence-electron chi connectivity index (χ3n) is 4.06. The minimum atomic E-state index is 0.196. The number of hydrogen-bond donors (Lipinski definition) is 1. The van der Waals surface area contributed by atoms with Crippen molar-refractivity contribution in [3.63, 3.8) is 0 Å². The van der Waals surface area contributed by atoms with E-state index >= 15 is 0 Å². The largest absolute Gasteiger partial charge is 0.339 e. The van der Waals surface area contributed by atoms with Crippen molar-refractivity contribution >= 4 is 5.91 Å². The fourth-order valence-corrected chi connectivity index (χ4v) is 2.98. The molecule has 1 aliphatic rings. The number of amides is 1. The molecule has 1 aliphatic heterocycles. The molecule has 0 spiro atoms. The lowest BCUT2D eigenvalue weighted by Crippen LogP contribution is -2.36. The van der Waals surface area contributed by atoms with Gasteiger partial charge in [-0.25, -0.2) is 0 Å². The monoisotopic (exact) mass is 274 g/mol. The zero-order chi connectivity index (χ0) is 14.4. The molecular formula is C17H26N2O. The summed E-state index contributed by atoms with van der Waals surface area (Å²) in [6, 6.07) is 11.1. The SMILES string of the molecule is CC(N)CCCC(=O)N1CCCC1Cc1ccccc1. The summed E-state index contributed by atoms with van der Waals surface area (Å²) < 4.78 is 0. The Morgan fingerprint density at radius 2 is 2.15 bits per heavy atom. The Bertz CT molecular complexity index is 416. The lowest BCUT2D eigenvalue weighted by Gasteiger charge is -2.25. The van der Waals surface area contributed by atoms with E-state index in [9.17, 15) is 4.79 Å². The zero-order valence-corrected chi connectivity index (χ0v) is 12.4. The summed E-state index contributed by atoms with van der Waals surface area (Å²) in [5.41, 5.74) is 7.06. The van der Waals surface area contributed by atoms with Crippen LogP contribution in [0.1, 0.15) is 44.6 Å². The molecule has 2 atom stereocenters. The fraction of sp³-hybridized carbons (Fsp3) is 0.588. The van der Waals surface area contributed by atoms with Crippen LogP contribution in [0.25, 0.3) is 0 Å². The molecule has 0 aliphatic carbocycles. The molecule has 110 valence electrons. The number of carbonyl (C=O) groups is 1. The molecule has 1 heterocycles. The van der Waals surface area contributed by atoms with Crippen molar-refractivity contribution in [3.05, 3.63) is 35.9 Å². The first-order valence-corrected chi connectivity index (χ1v) is 7.76. The second-order valence-electron chi connectivity index (χ2n) is 5.94. The van der Waals surface area contributed by atoms with Crippen LogP contribution in [0, 0.1) is 0 Å². The molecule has 2 unspecified atom stereocenters. The van der Waals surface area contributed by atoms with Crippen molar-refractivity contribution < 1.29 is 4.79 Å². The number of carbonyl (C=O) groups excluding carboxylic acids is 1. The molecular weight excluding hydrogens is 248 g/mol. The third-order valence-corrected chi connectivity index (χ3v) is 4.06. The molecule has 2 rings (SSSR count). The molecule has 2 N–H and O–H groups in total. The van der Waals surface area contributed by atoms with E-state index in [0.717, 1.165) is 38.6 Å². The maximum atomic E-state index is 12.3. The number of hydrogen-bond acceptors (Lipinski definition) is 2. The van der Waals surface area contributed by atoms with Crippen LogP contribution in [0.2, 0.25) is 0 Å². The van der Waals surface area contributed by atoms with Crippen molar-refractivity contribution in [2.75, 3.05) is 6.54 Å². The number of nitrogens with zero attached hydrogens (tertiary/aromatic N) is 1. The normalized spacial score (nSPS) is 20.1. The first-order valence-electron chi connectivity index (χ1n) is 7.76. The van der Waals surface area contributed by atoms with Gasteiger partial charge in [-0.3, -0.25) is 4.79 Å². The summed E-state index contributed by atoms with van der Waals surface area (Å²) in [5.74, 6) is 0.309. The van der Waals surface area contributed by atoms with Crippen molar-refractivity contribution in [2.45, 2.75) is 57.5 Å². The highest BCUT2D eigenvalue weighted by Gasteiger charge is 2.28. The molecule has 0 saturated carbocycles. The number of rotatable bonds is 6. The molecule has 1 aromatic rings. The van der Waals surface area contributed by atoms with E-state index in [0.29, 0.717) is 18.4 Å². The van der Waals surface area contributed by atoms with Gasteiger partial charge in [0, 0.05) is 25.0 Å². The minimum Gasteiger partial charge on any atom is -0.339 e. The van der Waals surface area contributed by atoms with Gasteiger partial charge in [-0.1, -0.05) is 30.3 Å². The van der Waals surface area contributed by atoms with Gasteiger partial charge in [0.2, 0.25) is 5.91 Å². The third kappa shape index (κ3) is 4.34. The van der Waals surface area contributed by atoms with Crippen LogP contribution in [0.4, 0.5) is 0 Å². The van der Waals surface area contributed by atoms with Gasteiger partial charge in [-0.15, -0.1) is 0 Å². The van der Waals surface area contributed by atoms with Gasteiger partial charge in [-0.05, 0) is 44.6 Å². The predicted octanol–water partition coefficient (Wildman–Crippen LogP) is 2.74. The Morgan fingerprint density at radius 3 is 2.85 bits per heavy atom. The van der Waals surface area contributed by atoms with Crippen molar-refractivity contribution in [2.24, 2.45) is 5.73 Å². The van der Waals surface area contributed by atoms with Gasteiger partial charge in [0.1, 0.15) is 0 Å². The minimum absolute atomic E-state index is 0.196. The van der Waals surface area contributed by atoms with E-state index in [1.54, 1.807) is 0 Å². The predicted molar refractivity (Wildman–Crippen MR) is 82.4 cm³/mol. The van der Waals surface area contributed by atoms with E-state index in [1.807, 2.05) is 13.0 Å². The Balaban J connectivity index is 1.85. The van der Waals surface area contributed by atoms with E-state index in [4.69, 9.17) is 5.73 Å². The van der Waals surface area contributed by atoms with Gasteiger partial charge >= 0.3 is 0 Å². The molecule has 1 amide bonds.